The van der Waals surface area contributed by atoms with Crippen molar-refractivity contribution in [2.75, 3.05) is 7.05 Å². The van der Waals surface area contributed by atoms with Crippen LogP contribution in [0, 0.1) is 0 Å². The second kappa shape index (κ2) is 7.62. The smallest absolute Gasteiger partial charge is 0.133 e. The van der Waals surface area contributed by atoms with E-state index in [9.17, 15) is 0 Å². The number of halogens is 3. The fraction of sp³-hybridized carbons (Fsp3) is 0.286. The summed E-state index contributed by atoms with van der Waals surface area (Å²) in [6, 6.07) is 3.82. The third-order valence-corrected chi connectivity index (χ3v) is 1.54. The highest BCUT2D eigenvalue weighted by Gasteiger charge is 1.95. The van der Waals surface area contributed by atoms with Crippen LogP contribution in [0.25, 0.3) is 0 Å². The summed E-state index contributed by atoms with van der Waals surface area (Å²) in [5.74, 6) is 0. The van der Waals surface area contributed by atoms with E-state index in [0.717, 1.165) is 12.1 Å². The molecule has 0 unspecified atom stereocenters. The van der Waals surface area contributed by atoms with Crippen LogP contribution in [0.2, 0.25) is 5.15 Å². The standard InChI is InChI=1S/C7H9ClN2.2ClH/c1-9-5-6-3-2-4-10-7(6)8;;/h2-4,9H,5H2,1H3;2*1H. The van der Waals surface area contributed by atoms with Crippen LogP contribution in [-0.4, -0.2) is 12.0 Å². The molecule has 0 fully saturated rings. The molecule has 0 bridgehead atoms. The van der Waals surface area contributed by atoms with Crippen molar-refractivity contribution < 1.29 is 0 Å². The van der Waals surface area contributed by atoms with Gasteiger partial charge in [-0.25, -0.2) is 4.98 Å². The topological polar surface area (TPSA) is 24.9 Å². The number of nitrogens with one attached hydrogen (secondary N) is 1. The Morgan fingerprint density at radius 2 is 2.17 bits per heavy atom. The quantitative estimate of drug-likeness (QED) is 0.787. The van der Waals surface area contributed by atoms with Crippen molar-refractivity contribution >= 4 is 36.4 Å². The normalized spacial score (nSPS) is 8.17. The first kappa shape index (κ1) is 14.5. The fourth-order valence-corrected chi connectivity index (χ4v) is 0.928. The lowest BCUT2D eigenvalue weighted by molar-refractivity contribution is 0.813. The van der Waals surface area contributed by atoms with E-state index in [0.29, 0.717) is 5.15 Å². The Labute approximate surface area is 89.5 Å². The van der Waals surface area contributed by atoms with Crippen molar-refractivity contribution in [2.45, 2.75) is 6.54 Å². The maximum atomic E-state index is 5.75. The van der Waals surface area contributed by atoms with Gasteiger partial charge in [0.2, 0.25) is 0 Å². The van der Waals surface area contributed by atoms with Gasteiger partial charge in [0.05, 0.1) is 0 Å². The second-order valence-corrected chi connectivity index (χ2v) is 2.34. The molecule has 1 heterocycles. The molecule has 1 rings (SSSR count). The van der Waals surface area contributed by atoms with E-state index in [1.54, 1.807) is 6.20 Å². The average Bonchev–Trinajstić information content (AvgIpc) is 1.94. The zero-order valence-electron chi connectivity index (χ0n) is 6.58. The van der Waals surface area contributed by atoms with Crippen LogP contribution in [0.5, 0.6) is 0 Å². The zero-order valence-corrected chi connectivity index (χ0v) is 8.97. The lowest BCUT2D eigenvalue weighted by Gasteiger charge is -1.99. The summed E-state index contributed by atoms with van der Waals surface area (Å²) < 4.78 is 0. The molecule has 5 heteroatoms. The maximum absolute atomic E-state index is 5.75. The van der Waals surface area contributed by atoms with E-state index in [2.05, 4.69) is 10.3 Å². The Hall–Kier alpha value is -0.0200. The van der Waals surface area contributed by atoms with E-state index in [1.165, 1.54) is 0 Å². The Balaban J connectivity index is 0. The molecule has 70 valence electrons. The predicted octanol–water partition coefficient (Wildman–Crippen LogP) is 2.30. The van der Waals surface area contributed by atoms with Gasteiger partial charge in [-0.15, -0.1) is 24.8 Å². The van der Waals surface area contributed by atoms with Crippen molar-refractivity contribution in [2.24, 2.45) is 0 Å². The van der Waals surface area contributed by atoms with Gasteiger partial charge in [0, 0.05) is 18.3 Å². The van der Waals surface area contributed by atoms with Crippen LogP contribution in [0.3, 0.4) is 0 Å². The van der Waals surface area contributed by atoms with E-state index in [4.69, 9.17) is 11.6 Å². The molecule has 0 aliphatic rings. The van der Waals surface area contributed by atoms with E-state index in [1.807, 2.05) is 19.2 Å². The number of hydrogen-bond acceptors (Lipinski definition) is 2. The summed E-state index contributed by atoms with van der Waals surface area (Å²) in [7, 11) is 1.88. The van der Waals surface area contributed by atoms with Gasteiger partial charge in [0.15, 0.2) is 0 Å². The highest BCUT2D eigenvalue weighted by Crippen LogP contribution is 2.09. The van der Waals surface area contributed by atoms with Gasteiger partial charge in [-0.1, -0.05) is 17.7 Å². The molecule has 2 nitrogen and oxygen atoms in total. The van der Waals surface area contributed by atoms with Crippen molar-refractivity contribution in [3.63, 3.8) is 0 Å². The number of pyridine rings is 1. The van der Waals surface area contributed by atoms with Crippen LogP contribution in [-0.2, 0) is 6.54 Å². The summed E-state index contributed by atoms with van der Waals surface area (Å²) in [5.41, 5.74) is 1.03. The minimum atomic E-state index is 0. The predicted molar refractivity (Wildman–Crippen MR) is 56.5 cm³/mol. The zero-order chi connectivity index (χ0) is 7.40. The molecule has 0 saturated carbocycles. The Kier molecular flexibility index (Phi) is 9.21. The molecular formula is C7H11Cl3N2. The lowest BCUT2D eigenvalue weighted by atomic mass is 10.3. The molecule has 0 spiro atoms. The number of hydrogen-bond donors (Lipinski definition) is 1. The molecular weight excluding hydrogens is 218 g/mol. The molecule has 0 atom stereocenters. The summed E-state index contributed by atoms with van der Waals surface area (Å²) >= 11 is 5.75. The van der Waals surface area contributed by atoms with Crippen LogP contribution >= 0.6 is 36.4 Å². The Morgan fingerprint density at radius 3 is 2.67 bits per heavy atom. The summed E-state index contributed by atoms with van der Waals surface area (Å²) in [4.78, 5) is 3.92. The van der Waals surface area contributed by atoms with Crippen molar-refractivity contribution in [1.29, 1.82) is 0 Å². The first-order valence-corrected chi connectivity index (χ1v) is 3.46. The summed E-state index contributed by atoms with van der Waals surface area (Å²) in [5, 5.41) is 3.58. The molecule has 1 aromatic rings. The lowest BCUT2D eigenvalue weighted by Crippen LogP contribution is -2.05. The summed E-state index contributed by atoms with van der Waals surface area (Å²) in [6.45, 7) is 0.771. The molecule has 0 radical (unpaired) electrons. The highest BCUT2D eigenvalue weighted by molar-refractivity contribution is 6.30. The van der Waals surface area contributed by atoms with Gasteiger partial charge in [0.25, 0.3) is 0 Å². The van der Waals surface area contributed by atoms with Gasteiger partial charge in [-0.05, 0) is 13.1 Å². The van der Waals surface area contributed by atoms with Gasteiger partial charge >= 0.3 is 0 Å². The highest BCUT2D eigenvalue weighted by atomic mass is 35.5. The van der Waals surface area contributed by atoms with E-state index < -0.39 is 0 Å². The molecule has 1 N–H and O–H groups in total. The molecule has 0 aliphatic heterocycles. The van der Waals surface area contributed by atoms with Crippen molar-refractivity contribution in [3.05, 3.63) is 29.0 Å². The molecule has 0 saturated heterocycles. The molecule has 0 aromatic carbocycles. The van der Waals surface area contributed by atoms with Gasteiger partial charge in [-0.3, -0.25) is 0 Å². The number of nitrogens with zero attached hydrogens (tertiary/aromatic N) is 1. The van der Waals surface area contributed by atoms with Gasteiger partial charge < -0.3 is 5.32 Å². The van der Waals surface area contributed by atoms with E-state index >= 15 is 0 Å². The Bertz CT molecular complexity index is 218. The van der Waals surface area contributed by atoms with Crippen LogP contribution in [0.1, 0.15) is 5.56 Å². The Morgan fingerprint density at radius 1 is 1.50 bits per heavy atom. The first-order chi connectivity index (χ1) is 4.84. The minimum absolute atomic E-state index is 0. The number of rotatable bonds is 2. The monoisotopic (exact) mass is 228 g/mol. The van der Waals surface area contributed by atoms with Crippen molar-refractivity contribution in [3.8, 4) is 0 Å². The minimum Gasteiger partial charge on any atom is -0.316 e. The maximum Gasteiger partial charge on any atom is 0.133 e. The van der Waals surface area contributed by atoms with Crippen LogP contribution in [0.15, 0.2) is 18.3 Å². The molecule has 0 amide bonds. The molecule has 1 aromatic heterocycles. The fourth-order valence-electron chi connectivity index (χ4n) is 0.742. The van der Waals surface area contributed by atoms with Crippen LogP contribution < -0.4 is 5.32 Å². The van der Waals surface area contributed by atoms with Gasteiger partial charge in [0.1, 0.15) is 5.15 Å². The second-order valence-electron chi connectivity index (χ2n) is 1.98. The summed E-state index contributed by atoms with van der Waals surface area (Å²) in [6.07, 6.45) is 1.68. The SMILES string of the molecule is CNCc1cccnc1Cl.Cl.Cl. The number of aromatic nitrogens is 1. The molecule has 0 aliphatic carbocycles. The molecule has 12 heavy (non-hydrogen) atoms. The third-order valence-electron chi connectivity index (χ3n) is 1.20. The van der Waals surface area contributed by atoms with Crippen molar-refractivity contribution in [1.82, 2.24) is 10.3 Å². The first-order valence-electron chi connectivity index (χ1n) is 3.08. The average molecular weight is 230 g/mol. The van der Waals surface area contributed by atoms with E-state index in [-0.39, 0.29) is 24.8 Å². The largest absolute Gasteiger partial charge is 0.316 e. The third kappa shape index (κ3) is 4.12. The van der Waals surface area contributed by atoms with Crippen LogP contribution in [0.4, 0.5) is 0 Å². The van der Waals surface area contributed by atoms with Gasteiger partial charge in [-0.2, -0.15) is 0 Å².